The first kappa shape index (κ1) is 14.3. The van der Waals surface area contributed by atoms with E-state index in [0.29, 0.717) is 16.4 Å². The number of benzene rings is 1. The first-order chi connectivity index (χ1) is 8.50. The molecule has 0 aromatic heterocycles. The summed E-state index contributed by atoms with van der Waals surface area (Å²) in [4.78, 5) is 21.8. The molecule has 0 unspecified atom stereocenters. The van der Waals surface area contributed by atoms with Crippen molar-refractivity contribution < 1.29 is 18.7 Å². The molecule has 0 radical (unpaired) electrons. The lowest BCUT2D eigenvalue weighted by atomic mass is 10.2. The highest BCUT2D eigenvalue weighted by Crippen LogP contribution is 2.15. The van der Waals surface area contributed by atoms with Crippen LogP contribution in [-0.4, -0.2) is 35.0 Å². The van der Waals surface area contributed by atoms with Crippen molar-refractivity contribution in [2.24, 2.45) is 0 Å². The zero-order valence-electron chi connectivity index (χ0n) is 10.00. The largest absolute Gasteiger partial charge is 0.444 e. The second kappa shape index (κ2) is 6.85. The topological polar surface area (TPSA) is 49.9 Å². The number of rotatable bonds is 4. The van der Waals surface area contributed by atoms with Gasteiger partial charge in [-0.3, -0.25) is 0 Å². The van der Waals surface area contributed by atoms with Crippen LogP contribution in [0.2, 0.25) is 0 Å². The van der Waals surface area contributed by atoms with Crippen LogP contribution >= 0.6 is 12.1 Å². The number of carbonyl (C=O) groups excluding carboxylic acids is 2. The summed E-state index contributed by atoms with van der Waals surface area (Å²) >= 11 is 0.618. The Morgan fingerprint density at radius 2 is 1.83 bits per heavy atom. The van der Waals surface area contributed by atoms with Crippen LogP contribution in [0.3, 0.4) is 0 Å². The summed E-state index contributed by atoms with van der Waals surface area (Å²) in [5, 5.41) is 0. The van der Waals surface area contributed by atoms with Crippen molar-refractivity contribution >= 4 is 24.4 Å². The Bertz CT molecular complexity index is 416. The lowest BCUT2D eigenvalue weighted by molar-refractivity contribution is 0.125. The molecule has 1 rings (SSSR count). The highest BCUT2D eigenvalue weighted by molar-refractivity contribution is 7.95. The molecule has 7 heteroatoms. The van der Waals surface area contributed by atoms with Gasteiger partial charge >= 0.3 is 12.3 Å². The van der Waals surface area contributed by atoms with E-state index in [-0.39, 0.29) is 6.61 Å². The highest BCUT2D eigenvalue weighted by atomic mass is 32.2. The van der Waals surface area contributed by atoms with Gasteiger partial charge in [0.2, 0.25) is 0 Å². The van der Waals surface area contributed by atoms with Crippen molar-refractivity contribution in [3.8, 4) is 0 Å². The van der Waals surface area contributed by atoms with Gasteiger partial charge in [0, 0.05) is 14.1 Å². The maximum Gasteiger partial charge on any atom is 0.421 e. The SMILES string of the molecule is CN(SN(C)C(=O)OCc1ccccc1)C(=O)F. The summed E-state index contributed by atoms with van der Waals surface area (Å²) in [6.45, 7) is 0.123. The molecule has 0 heterocycles. The second-order valence-electron chi connectivity index (χ2n) is 3.37. The van der Waals surface area contributed by atoms with Crippen LogP contribution in [0.1, 0.15) is 5.56 Å². The minimum absolute atomic E-state index is 0.123. The number of halogens is 1. The van der Waals surface area contributed by atoms with Gasteiger partial charge in [0.1, 0.15) is 6.61 Å². The molecule has 1 aromatic rings. The minimum Gasteiger partial charge on any atom is -0.444 e. The monoisotopic (exact) mass is 272 g/mol. The zero-order chi connectivity index (χ0) is 13.5. The molecular formula is C11H13FN2O3S. The average molecular weight is 272 g/mol. The van der Waals surface area contributed by atoms with Crippen LogP contribution in [0.15, 0.2) is 30.3 Å². The Labute approximate surface area is 109 Å². The van der Waals surface area contributed by atoms with Crippen LogP contribution < -0.4 is 0 Å². The molecule has 0 aliphatic heterocycles. The van der Waals surface area contributed by atoms with E-state index < -0.39 is 12.3 Å². The molecule has 0 saturated carbocycles. The molecule has 98 valence electrons. The predicted molar refractivity (Wildman–Crippen MR) is 66.2 cm³/mol. The first-order valence-corrected chi connectivity index (χ1v) is 5.79. The first-order valence-electron chi connectivity index (χ1n) is 5.06. The standard InChI is InChI=1S/C11H13FN2O3S/c1-13(10(12)15)18-14(2)11(16)17-8-9-6-4-3-5-7-9/h3-7H,8H2,1-2H3. The van der Waals surface area contributed by atoms with E-state index in [4.69, 9.17) is 4.74 Å². The predicted octanol–water partition coefficient (Wildman–Crippen LogP) is 2.84. The van der Waals surface area contributed by atoms with Gasteiger partial charge in [0.05, 0.1) is 12.1 Å². The summed E-state index contributed by atoms with van der Waals surface area (Å²) in [5.74, 6) is 0. The summed E-state index contributed by atoms with van der Waals surface area (Å²) in [7, 11) is 2.60. The van der Waals surface area contributed by atoms with E-state index in [0.717, 1.165) is 9.87 Å². The van der Waals surface area contributed by atoms with E-state index in [9.17, 15) is 14.0 Å². The summed E-state index contributed by atoms with van der Waals surface area (Å²) in [6.07, 6.45) is -2.29. The van der Waals surface area contributed by atoms with Crippen molar-refractivity contribution in [3.05, 3.63) is 35.9 Å². The number of hydrogen-bond donors (Lipinski definition) is 0. The van der Waals surface area contributed by atoms with Gasteiger partial charge in [-0.15, -0.1) is 4.39 Å². The Morgan fingerprint density at radius 1 is 1.22 bits per heavy atom. The van der Waals surface area contributed by atoms with Crippen molar-refractivity contribution in [3.63, 3.8) is 0 Å². The van der Waals surface area contributed by atoms with E-state index >= 15 is 0 Å². The van der Waals surface area contributed by atoms with Crippen LogP contribution in [0.5, 0.6) is 0 Å². The molecule has 0 bridgehead atoms. The van der Waals surface area contributed by atoms with Crippen molar-refractivity contribution in [2.75, 3.05) is 14.1 Å². The lowest BCUT2D eigenvalue weighted by Crippen LogP contribution is -2.27. The van der Waals surface area contributed by atoms with Crippen LogP contribution in [0, 0.1) is 0 Å². The quantitative estimate of drug-likeness (QED) is 0.480. The van der Waals surface area contributed by atoms with Crippen molar-refractivity contribution in [1.29, 1.82) is 0 Å². The lowest BCUT2D eigenvalue weighted by Gasteiger charge is -2.19. The van der Waals surface area contributed by atoms with E-state index in [1.165, 1.54) is 14.1 Å². The summed E-state index contributed by atoms with van der Waals surface area (Å²) in [6, 6.07) is 9.15. The Kier molecular flexibility index (Phi) is 5.44. The van der Waals surface area contributed by atoms with Crippen molar-refractivity contribution in [2.45, 2.75) is 6.61 Å². The summed E-state index contributed by atoms with van der Waals surface area (Å²) < 4.78 is 18.9. The number of carbonyl (C=O) groups is 2. The maximum absolute atomic E-state index is 12.3. The number of amides is 2. The van der Waals surface area contributed by atoms with E-state index in [2.05, 4.69) is 0 Å². The number of ether oxygens (including phenoxy) is 1. The molecule has 1 aromatic carbocycles. The van der Waals surface area contributed by atoms with Gasteiger partial charge < -0.3 is 4.74 Å². The van der Waals surface area contributed by atoms with Gasteiger partial charge in [0.25, 0.3) is 0 Å². The number of nitrogens with zero attached hydrogens (tertiary/aromatic N) is 2. The molecule has 2 amide bonds. The van der Waals surface area contributed by atoms with Crippen LogP contribution in [0.25, 0.3) is 0 Å². The molecule has 0 saturated heterocycles. The average Bonchev–Trinajstić information content (AvgIpc) is 2.36. The molecule has 0 N–H and O–H groups in total. The third-order valence-corrected chi connectivity index (χ3v) is 2.74. The maximum atomic E-state index is 12.3. The molecule has 0 aliphatic carbocycles. The number of hydrogen-bond acceptors (Lipinski definition) is 4. The van der Waals surface area contributed by atoms with Gasteiger partial charge in [-0.05, 0) is 5.56 Å². The molecule has 5 nitrogen and oxygen atoms in total. The zero-order valence-corrected chi connectivity index (χ0v) is 10.8. The fourth-order valence-electron chi connectivity index (χ4n) is 1.06. The Balaban J connectivity index is 2.39. The van der Waals surface area contributed by atoms with Crippen molar-refractivity contribution in [1.82, 2.24) is 8.61 Å². The summed E-state index contributed by atoms with van der Waals surface area (Å²) in [5.41, 5.74) is 0.846. The normalized spacial score (nSPS) is 9.72. The molecular weight excluding hydrogens is 259 g/mol. The molecule has 18 heavy (non-hydrogen) atoms. The second-order valence-corrected chi connectivity index (χ2v) is 4.63. The fraction of sp³-hybridized carbons (Fsp3) is 0.273. The molecule has 0 fully saturated rings. The fourth-order valence-corrected chi connectivity index (χ4v) is 1.61. The van der Waals surface area contributed by atoms with Gasteiger partial charge in [-0.25, -0.2) is 18.2 Å². The van der Waals surface area contributed by atoms with Gasteiger partial charge in [-0.1, -0.05) is 30.3 Å². The molecule has 0 aliphatic rings. The minimum atomic E-state index is -1.64. The third-order valence-electron chi connectivity index (χ3n) is 1.95. The van der Waals surface area contributed by atoms with E-state index in [1.807, 2.05) is 30.3 Å². The Morgan fingerprint density at radius 3 is 2.39 bits per heavy atom. The molecule has 0 atom stereocenters. The van der Waals surface area contributed by atoms with Crippen LogP contribution in [0.4, 0.5) is 14.0 Å². The van der Waals surface area contributed by atoms with Crippen LogP contribution in [-0.2, 0) is 11.3 Å². The third kappa shape index (κ3) is 4.62. The molecule has 0 spiro atoms. The van der Waals surface area contributed by atoms with E-state index in [1.54, 1.807) is 0 Å². The van der Waals surface area contributed by atoms with Gasteiger partial charge in [-0.2, -0.15) is 0 Å². The Hall–Kier alpha value is -1.76. The highest BCUT2D eigenvalue weighted by Gasteiger charge is 2.17. The van der Waals surface area contributed by atoms with Gasteiger partial charge in [0.15, 0.2) is 0 Å². The smallest absolute Gasteiger partial charge is 0.421 e.